The van der Waals surface area contributed by atoms with E-state index < -0.39 is 17.6 Å². The quantitative estimate of drug-likeness (QED) is 0.811. The van der Waals surface area contributed by atoms with Gasteiger partial charge in [0, 0.05) is 30.7 Å². The lowest BCUT2D eigenvalue weighted by Crippen LogP contribution is -2.34. The molecule has 0 bridgehead atoms. The first-order valence-electron chi connectivity index (χ1n) is 8.08. The topological polar surface area (TPSA) is 88.1 Å². The summed E-state index contributed by atoms with van der Waals surface area (Å²) >= 11 is 0. The number of rotatable bonds is 4. The first-order chi connectivity index (χ1) is 11.6. The number of carbonyl (C=O) groups excluding carboxylic acids is 2. The molecular formula is C17H18N2O5. The summed E-state index contributed by atoms with van der Waals surface area (Å²) in [6.07, 6.45) is 5.16. The number of ether oxygens (including phenoxy) is 2. The van der Waals surface area contributed by atoms with Gasteiger partial charge in [0.2, 0.25) is 0 Å². The largest absolute Gasteiger partial charge is 0.448 e. The van der Waals surface area contributed by atoms with Crippen molar-refractivity contribution in [3.05, 3.63) is 30.0 Å². The summed E-state index contributed by atoms with van der Waals surface area (Å²) in [5, 5.41) is 11.9. The smallest absolute Gasteiger partial charge is 0.277 e. The van der Waals surface area contributed by atoms with Gasteiger partial charge in [-0.05, 0) is 25.0 Å². The summed E-state index contributed by atoms with van der Waals surface area (Å²) in [7, 11) is 0. The fourth-order valence-corrected chi connectivity index (χ4v) is 3.35. The van der Waals surface area contributed by atoms with Gasteiger partial charge in [0.05, 0.1) is 13.2 Å². The van der Waals surface area contributed by atoms with E-state index in [0.717, 1.165) is 30.6 Å². The van der Waals surface area contributed by atoms with Crippen LogP contribution in [-0.4, -0.2) is 40.8 Å². The highest BCUT2D eigenvalue weighted by atomic mass is 16.7. The molecule has 2 N–H and O–H groups in total. The summed E-state index contributed by atoms with van der Waals surface area (Å²) in [5.74, 6) is -0.0584. The molecule has 0 aromatic heterocycles. The van der Waals surface area contributed by atoms with Crippen molar-refractivity contribution in [2.45, 2.75) is 31.5 Å². The second-order valence-corrected chi connectivity index (χ2v) is 6.19. The molecule has 0 unspecified atom stereocenters. The predicted molar refractivity (Wildman–Crippen MR) is 84.4 cm³/mol. The number of benzene rings is 1. The van der Waals surface area contributed by atoms with E-state index in [-0.39, 0.29) is 18.8 Å². The monoisotopic (exact) mass is 330 g/mol. The van der Waals surface area contributed by atoms with Crippen molar-refractivity contribution in [3.8, 4) is 11.5 Å². The number of nitrogens with one attached hydrogen (secondary N) is 1. The van der Waals surface area contributed by atoms with Crippen LogP contribution in [0.3, 0.4) is 0 Å². The lowest BCUT2D eigenvalue weighted by atomic mass is 10.2. The van der Waals surface area contributed by atoms with E-state index >= 15 is 0 Å². The number of aliphatic hydroxyl groups excluding tert-OH is 1. The second-order valence-electron chi connectivity index (χ2n) is 6.19. The van der Waals surface area contributed by atoms with Crippen LogP contribution >= 0.6 is 0 Å². The summed E-state index contributed by atoms with van der Waals surface area (Å²) in [5.41, 5.74) is 0.827. The van der Waals surface area contributed by atoms with Gasteiger partial charge < -0.3 is 19.9 Å². The first kappa shape index (κ1) is 15.0. The molecule has 1 aliphatic carbocycles. The van der Waals surface area contributed by atoms with E-state index in [2.05, 4.69) is 5.32 Å². The van der Waals surface area contributed by atoms with Crippen LogP contribution in [0.4, 0.5) is 5.69 Å². The van der Waals surface area contributed by atoms with Gasteiger partial charge >= 0.3 is 0 Å². The van der Waals surface area contributed by atoms with Crippen molar-refractivity contribution in [2.24, 2.45) is 0 Å². The zero-order chi connectivity index (χ0) is 16.7. The van der Waals surface area contributed by atoms with E-state index in [4.69, 9.17) is 14.6 Å². The number of nitrogens with zero attached hydrogens (tertiary/aromatic N) is 1. The minimum Gasteiger partial charge on any atom is -0.448 e. The SMILES string of the molecule is O=C1C=C(Nc2ccc3c(c2)OC2(CCCC2)O3)C(=O)N1CCO. The lowest BCUT2D eigenvalue weighted by Gasteiger charge is -2.21. The Labute approximate surface area is 138 Å². The molecule has 24 heavy (non-hydrogen) atoms. The molecule has 7 nitrogen and oxygen atoms in total. The summed E-state index contributed by atoms with van der Waals surface area (Å²) in [4.78, 5) is 24.9. The number of anilines is 1. The molecule has 1 aromatic carbocycles. The van der Waals surface area contributed by atoms with Gasteiger partial charge in [-0.15, -0.1) is 0 Å². The first-order valence-corrected chi connectivity index (χ1v) is 8.08. The van der Waals surface area contributed by atoms with Crippen molar-refractivity contribution >= 4 is 17.5 Å². The van der Waals surface area contributed by atoms with Crippen LogP contribution in [0.5, 0.6) is 11.5 Å². The average molecular weight is 330 g/mol. The summed E-state index contributed by atoms with van der Waals surface area (Å²) < 4.78 is 11.9. The third-order valence-electron chi connectivity index (χ3n) is 4.51. The molecule has 1 spiro atoms. The van der Waals surface area contributed by atoms with E-state index in [0.29, 0.717) is 17.2 Å². The van der Waals surface area contributed by atoms with Crippen LogP contribution in [0.1, 0.15) is 25.7 Å². The van der Waals surface area contributed by atoms with Crippen LogP contribution in [0, 0.1) is 0 Å². The second kappa shape index (κ2) is 5.52. The van der Waals surface area contributed by atoms with Crippen LogP contribution in [0.25, 0.3) is 0 Å². The number of hydrogen-bond donors (Lipinski definition) is 2. The Hall–Kier alpha value is -2.54. The molecule has 0 saturated heterocycles. The number of hydrogen-bond acceptors (Lipinski definition) is 6. The Balaban J connectivity index is 1.51. The Morgan fingerprint density at radius 2 is 1.92 bits per heavy atom. The van der Waals surface area contributed by atoms with Crippen molar-refractivity contribution in [2.75, 3.05) is 18.5 Å². The number of carbonyl (C=O) groups is 2. The van der Waals surface area contributed by atoms with Gasteiger partial charge in [-0.25, -0.2) is 0 Å². The Bertz CT molecular complexity index is 736. The van der Waals surface area contributed by atoms with Crippen LogP contribution < -0.4 is 14.8 Å². The Kier molecular flexibility index (Phi) is 3.45. The van der Waals surface area contributed by atoms with Crippen molar-refractivity contribution in [3.63, 3.8) is 0 Å². The molecule has 0 radical (unpaired) electrons. The zero-order valence-electron chi connectivity index (χ0n) is 13.1. The predicted octanol–water partition coefficient (Wildman–Crippen LogP) is 1.38. The number of β-amino-alcohol motifs (C(OH)–C–C–N with tert-alkyl or cyclic N) is 1. The Morgan fingerprint density at radius 3 is 2.67 bits per heavy atom. The van der Waals surface area contributed by atoms with Gasteiger partial charge in [0.25, 0.3) is 17.6 Å². The van der Waals surface area contributed by atoms with Crippen LogP contribution in [-0.2, 0) is 9.59 Å². The molecular weight excluding hydrogens is 312 g/mol. The molecule has 1 aromatic rings. The Morgan fingerprint density at radius 1 is 1.17 bits per heavy atom. The standard InChI is InChI=1S/C17H18N2O5/c20-8-7-19-15(21)10-12(16(19)22)18-11-3-4-13-14(9-11)24-17(23-13)5-1-2-6-17/h3-4,9-10,18,20H,1-2,5-8H2. The molecule has 7 heteroatoms. The molecule has 1 saturated carbocycles. The maximum absolute atomic E-state index is 12.2. The number of fused-ring (bicyclic) bond motifs is 1. The van der Waals surface area contributed by atoms with Gasteiger partial charge in [-0.2, -0.15) is 0 Å². The zero-order valence-corrected chi connectivity index (χ0v) is 13.1. The number of amides is 2. The molecule has 1 fully saturated rings. The molecule has 2 aliphatic heterocycles. The molecule has 3 aliphatic rings. The molecule has 2 heterocycles. The van der Waals surface area contributed by atoms with Crippen molar-refractivity contribution in [1.29, 1.82) is 0 Å². The molecule has 0 atom stereocenters. The van der Waals surface area contributed by atoms with E-state index in [1.165, 1.54) is 6.08 Å². The van der Waals surface area contributed by atoms with Crippen molar-refractivity contribution in [1.82, 2.24) is 4.90 Å². The minimum atomic E-state index is -0.530. The average Bonchev–Trinajstić information content (AvgIpc) is 3.22. The van der Waals surface area contributed by atoms with E-state index in [1.54, 1.807) is 18.2 Å². The third-order valence-corrected chi connectivity index (χ3v) is 4.51. The van der Waals surface area contributed by atoms with E-state index in [1.807, 2.05) is 0 Å². The molecule has 126 valence electrons. The summed E-state index contributed by atoms with van der Waals surface area (Å²) in [6, 6.07) is 5.36. The fourth-order valence-electron chi connectivity index (χ4n) is 3.35. The molecule has 4 rings (SSSR count). The highest BCUT2D eigenvalue weighted by molar-refractivity contribution is 6.17. The normalized spacial score (nSPS) is 20.9. The van der Waals surface area contributed by atoms with Gasteiger partial charge in [-0.3, -0.25) is 14.5 Å². The lowest BCUT2D eigenvalue weighted by molar-refractivity contribution is -0.137. The highest BCUT2D eigenvalue weighted by Crippen LogP contribution is 2.47. The van der Waals surface area contributed by atoms with Gasteiger partial charge in [0.1, 0.15) is 5.70 Å². The van der Waals surface area contributed by atoms with Gasteiger partial charge in [-0.1, -0.05) is 0 Å². The maximum Gasteiger partial charge on any atom is 0.277 e. The highest BCUT2D eigenvalue weighted by Gasteiger charge is 2.44. The van der Waals surface area contributed by atoms with Crippen LogP contribution in [0.15, 0.2) is 30.0 Å². The van der Waals surface area contributed by atoms with E-state index in [9.17, 15) is 9.59 Å². The number of imide groups is 1. The third kappa shape index (κ3) is 2.41. The van der Waals surface area contributed by atoms with Crippen LogP contribution in [0.2, 0.25) is 0 Å². The molecule has 2 amide bonds. The number of aliphatic hydroxyl groups is 1. The fraction of sp³-hybridized carbons (Fsp3) is 0.412. The van der Waals surface area contributed by atoms with Crippen molar-refractivity contribution < 1.29 is 24.2 Å². The summed E-state index contributed by atoms with van der Waals surface area (Å²) in [6.45, 7) is -0.270. The van der Waals surface area contributed by atoms with Gasteiger partial charge in [0.15, 0.2) is 11.5 Å². The maximum atomic E-state index is 12.2. The minimum absolute atomic E-state index is 0.0109.